The fourth-order valence-corrected chi connectivity index (χ4v) is 8.81. The van der Waals surface area contributed by atoms with Gasteiger partial charge in [-0.1, -0.05) is 182 Å². The number of hydrogen-bond donors (Lipinski definition) is 0. The van der Waals surface area contributed by atoms with Crippen LogP contribution in [0.5, 0.6) is 0 Å². The molecule has 0 aliphatic rings. The minimum absolute atomic E-state index is 0.703. The maximum atomic E-state index is 5.09. The van der Waals surface area contributed by atoms with Gasteiger partial charge in [-0.05, 0) is 68.8 Å². The van der Waals surface area contributed by atoms with Gasteiger partial charge in [0.2, 0.25) is 0 Å². The number of rotatable bonds is 7. The Balaban J connectivity index is 0.838. The summed E-state index contributed by atoms with van der Waals surface area (Å²) in [5, 5.41) is 1.16. The van der Waals surface area contributed by atoms with Crippen molar-refractivity contribution < 1.29 is 0 Å². The first-order chi connectivity index (χ1) is 29.2. The van der Waals surface area contributed by atoms with Crippen LogP contribution in [0.1, 0.15) is 0 Å². The van der Waals surface area contributed by atoms with Gasteiger partial charge in [-0.2, -0.15) is 0 Å². The quantitative estimate of drug-likeness (QED) is 0.162. The van der Waals surface area contributed by atoms with Crippen LogP contribution in [0.25, 0.3) is 110 Å². The molecule has 0 saturated heterocycles. The van der Waals surface area contributed by atoms with Crippen molar-refractivity contribution in [3.05, 3.63) is 206 Å². The van der Waals surface area contributed by atoms with E-state index < -0.39 is 0 Å². The molecular formula is C54H34N4S. The molecule has 11 rings (SSSR count). The van der Waals surface area contributed by atoms with E-state index in [0.717, 1.165) is 82.7 Å². The third-order valence-corrected chi connectivity index (χ3v) is 12.0. The van der Waals surface area contributed by atoms with Crippen LogP contribution in [0, 0.1) is 0 Å². The van der Waals surface area contributed by atoms with Crippen LogP contribution < -0.4 is 0 Å². The van der Waals surface area contributed by atoms with Crippen LogP contribution in [0.4, 0.5) is 0 Å². The summed E-state index contributed by atoms with van der Waals surface area (Å²) in [7, 11) is 0. The fraction of sp³-hybridized carbons (Fsp3) is 0. The molecule has 0 atom stereocenters. The highest BCUT2D eigenvalue weighted by Gasteiger charge is 2.13. The summed E-state index contributed by atoms with van der Waals surface area (Å²) < 4.78 is 1.21. The summed E-state index contributed by atoms with van der Waals surface area (Å²) >= 11 is 1.70. The zero-order chi connectivity index (χ0) is 39.1. The van der Waals surface area contributed by atoms with Crippen molar-refractivity contribution in [2.24, 2.45) is 0 Å². The van der Waals surface area contributed by atoms with Crippen LogP contribution in [-0.2, 0) is 0 Å². The van der Waals surface area contributed by atoms with Gasteiger partial charge in [-0.15, -0.1) is 11.3 Å². The number of thiophene rings is 1. The lowest BCUT2D eigenvalue weighted by Gasteiger charge is -2.11. The van der Waals surface area contributed by atoms with Crippen LogP contribution in [-0.4, -0.2) is 19.9 Å². The standard InChI is InChI=1S/C54H34N4S/c1-3-9-35(10-4-1)36-25-29-44(30-26-36)53-56-48(42-11-5-2-6-12-42)34-49(57-53)43-27-23-40(24-28-43)38-17-15-37(16-18-38)39-19-21-41(22-20-39)45-31-32-47-50(33-45)55-52-46-13-7-8-14-51(46)59-54(52)58-47/h1-34H. The lowest BCUT2D eigenvalue weighted by atomic mass is 9.97. The topological polar surface area (TPSA) is 51.6 Å². The van der Waals surface area contributed by atoms with E-state index in [9.17, 15) is 0 Å². The van der Waals surface area contributed by atoms with Crippen molar-refractivity contribution in [3.63, 3.8) is 0 Å². The van der Waals surface area contributed by atoms with Crippen LogP contribution >= 0.6 is 11.3 Å². The maximum Gasteiger partial charge on any atom is 0.160 e. The summed E-state index contributed by atoms with van der Waals surface area (Å²) in [5.74, 6) is 0.703. The smallest absolute Gasteiger partial charge is 0.160 e. The average molecular weight is 771 g/mol. The molecule has 276 valence electrons. The lowest BCUT2D eigenvalue weighted by molar-refractivity contribution is 1.18. The van der Waals surface area contributed by atoms with Crippen LogP contribution in [0.3, 0.4) is 0 Å². The van der Waals surface area contributed by atoms with Gasteiger partial charge >= 0.3 is 0 Å². The predicted octanol–water partition coefficient (Wildman–Crippen LogP) is 14.5. The Hall–Kier alpha value is -7.60. The zero-order valence-electron chi connectivity index (χ0n) is 31.8. The van der Waals surface area contributed by atoms with Gasteiger partial charge in [0.25, 0.3) is 0 Å². The maximum absolute atomic E-state index is 5.09. The van der Waals surface area contributed by atoms with Crippen molar-refractivity contribution in [2.75, 3.05) is 0 Å². The Morgan fingerprint density at radius 2 is 0.712 bits per heavy atom. The molecule has 3 aromatic heterocycles. The van der Waals surface area contributed by atoms with E-state index in [-0.39, 0.29) is 0 Å². The van der Waals surface area contributed by atoms with Gasteiger partial charge in [-0.25, -0.2) is 19.9 Å². The molecule has 5 heteroatoms. The molecule has 0 unspecified atom stereocenters. The SMILES string of the molecule is c1ccc(-c2ccc(-c3nc(-c4ccccc4)cc(-c4ccc(-c5ccc(-c6ccc(-c7ccc8nc9sc%10ccccc%10c9nc8c7)cc6)cc5)cc4)n3)cc2)cc1. The fourth-order valence-electron chi connectivity index (χ4n) is 7.79. The molecule has 0 bridgehead atoms. The molecule has 0 radical (unpaired) electrons. The minimum atomic E-state index is 0.703. The Bertz CT molecular complexity index is 3270. The highest BCUT2D eigenvalue weighted by molar-refractivity contribution is 7.25. The summed E-state index contributed by atoms with van der Waals surface area (Å²) in [6, 6.07) is 72.4. The molecule has 0 amide bonds. The molecule has 4 nitrogen and oxygen atoms in total. The number of aromatic nitrogens is 4. The third-order valence-electron chi connectivity index (χ3n) is 11.0. The average Bonchev–Trinajstić information content (AvgIpc) is 3.68. The second-order valence-electron chi connectivity index (χ2n) is 14.7. The van der Waals surface area contributed by atoms with E-state index in [0.29, 0.717) is 5.82 Å². The lowest BCUT2D eigenvalue weighted by Crippen LogP contribution is -1.96. The van der Waals surface area contributed by atoms with Crippen molar-refractivity contribution in [1.82, 2.24) is 19.9 Å². The van der Waals surface area contributed by atoms with Crippen LogP contribution in [0.2, 0.25) is 0 Å². The van der Waals surface area contributed by atoms with Gasteiger partial charge in [0, 0.05) is 26.8 Å². The van der Waals surface area contributed by atoms with E-state index in [1.165, 1.54) is 21.4 Å². The normalized spacial score (nSPS) is 11.4. The second kappa shape index (κ2) is 14.7. The summed E-state index contributed by atoms with van der Waals surface area (Å²) in [6.45, 7) is 0. The number of hydrogen-bond acceptors (Lipinski definition) is 5. The summed E-state index contributed by atoms with van der Waals surface area (Å²) in [4.78, 5) is 21.1. The van der Waals surface area contributed by atoms with Crippen molar-refractivity contribution in [3.8, 4) is 78.4 Å². The number of fused-ring (bicyclic) bond motifs is 4. The molecule has 3 heterocycles. The number of nitrogens with zero attached hydrogens (tertiary/aromatic N) is 4. The third kappa shape index (κ3) is 6.74. The Morgan fingerprint density at radius 3 is 1.29 bits per heavy atom. The Morgan fingerprint density at radius 1 is 0.288 bits per heavy atom. The van der Waals surface area contributed by atoms with Gasteiger partial charge < -0.3 is 0 Å². The molecule has 0 aliphatic carbocycles. The van der Waals surface area contributed by atoms with Crippen molar-refractivity contribution in [2.45, 2.75) is 0 Å². The molecule has 0 fully saturated rings. The molecule has 0 saturated carbocycles. The van der Waals surface area contributed by atoms with Gasteiger partial charge in [0.1, 0.15) is 10.3 Å². The van der Waals surface area contributed by atoms with E-state index >= 15 is 0 Å². The van der Waals surface area contributed by atoms with Gasteiger partial charge in [-0.3, -0.25) is 0 Å². The first kappa shape index (κ1) is 34.6. The molecule has 0 N–H and O–H groups in total. The first-order valence-electron chi connectivity index (χ1n) is 19.7. The molecule has 0 aliphatic heterocycles. The van der Waals surface area contributed by atoms with Crippen molar-refractivity contribution >= 4 is 42.8 Å². The minimum Gasteiger partial charge on any atom is -0.243 e. The van der Waals surface area contributed by atoms with E-state index in [2.05, 4.69) is 182 Å². The first-order valence-corrected chi connectivity index (χ1v) is 20.5. The Labute approximate surface area is 345 Å². The molecule has 11 aromatic rings. The monoisotopic (exact) mass is 770 g/mol. The van der Waals surface area contributed by atoms with E-state index in [1.54, 1.807) is 11.3 Å². The molecular weight excluding hydrogens is 737 g/mol. The highest BCUT2D eigenvalue weighted by atomic mass is 32.1. The summed E-state index contributed by atoms with van der Waals surface area (Å²) in [5.41, 5.74) is 16.9. The molecule has 8 aromatic carbocycles. The zero-order valence-corrected chi connectivity index (χ0v) is 32.6. The highest BCUT2D eigenvalue weighted by Crippen LogP contribution is 2.35. The Kier molecular flexibility index (Phi) is 8.64. The van der Waals surface area contributed by atoms with E-state index in [1.807, 2.05) is 24.3 Å². The van der Waals surface area contributed by atoms with Crippen LogP contribution in [0.15, 0.2) is 206 Å². The second-order valence-corrected chi connectivity index (χ2v) is 15.7. The van der Waals surface area contributed by atoms with Gasteiger partial charge in [0.05, 0.1) is 22.4 Å². The summed E-state index contributed by atoms with van der Waals surface area (Å²) in [6.07, 6.45) is 0. The van der Waals surface area contributed by atoms with Crippen molar-refractivity contribution in [1.29, 1.82) is 0 Å². The number of benzene rings is 8. The largest absolute Gasteiger partial charge is 0.243 e. The van der Waals surface area contributed by atoms with Gasteiger partial charge in [0.15, 0.2) is 5.82 Å². The molecule has 0 spiro atoms. The van der Waals surface area contributed by atoms with E-state index in [4.69, 9.17) is 19.9 Å². The predicted molar refractivity (Wildman–Crippen MR) is 246 cm³/mol. The molecule has 59 heavy (non-hydrogen) atoms.